The lowest BCUT2D eigenvalue weighted by molar-refractivity contribution is 0.213. The van der Waals surface area contributed by atoms with Gasteiger partial charge >= 0.3 is 0 Å². The third-order valence-corrected chi connectivity index (χ3v) is 6.64. The number of nitrogens with zero attached hydrogens (tertiary/aromatic N) is 3. The van der Waals surface area contributed by atoms with Crippen molar-refractivity contribution < 1.29 is 4.74 Å². The molecule has 1 aromatic carbocycles. The highest BCUT2D eigenvalue weighted by Crippen LogP contribution is 2.41. The van der Waals surface area contributed by atoms with Crippen molar-refractivity contribution in [2.45, 2.75) is 50.3 Å². The smallest absolute Gasteiger partial charge is 0.213 e. The van der Waals surface area contributed by atoms with Gasteiger partial charge in [0.2, 0.25) is 5.88 Å². The van der Waals surface area contributed by atoms with E-state index in [2.05, 4.69) is 62.6 Å². The lowest BCUT2D eigenvalue weighted by Gasteiger charge is -2.28. The molecular formula is C24H27N5O. The molecule has 5 heterocycles. The molecule has 3 aliphatic rings. The van der Waals surface area contributed by atoms with Crippen LogP contribution in [-0.4, -0.2) is 33.7 Å². The van der Waals surface area contributed by atoms with E-state index in [1.165, 1.54) is 28.5 Å². The van der Waals surface area contributed by atoms with Crippen LogP contribution in [0.2, 0.25) is 0 Å². The molecule has 1 fully saturated rings. The van der Waals surface area contributed by atoms with E-state index in [4.69, 9.17) is 9.72 Å². The van der Waals surface area contributed by atoms with Gasteiger partial charge in [-0.3, -0.25) is 0 Å². The average Bonchev–Trinajstić information content (AvgIpc) is 3.51. The van der Waals surface area contributed by atoms with E-state index in [1.807, 2.05) is 6.20 Å². The first kappa shape index (κ1) is 18.0. The molecule has 1 saturated heterocycles. The second kappa shape index (κ2) is 7.43. The summed E-state index contributed by atoms with van der Waals surface area (Å²) in [6.45, 7) is 1.92. The molecule has 6 heteroatoms. The molecule has 0 radical (unpaired) electrons. The molecule has 30 heavy (non-hydrogen) atoms. The van der Waals surface area contributed by atoms with Crippen LogP contribution in [0, 0.1) is 0 Å². The number of imidazole rings is 1. The molecule has 0 bridgehead atoms. The number of aromatic nitrogens is 3. The van der Waals surface area contributed by atoms with Gasteiger partial charge in [0.25, 0.3) is 0 Å². The van der Waals surface area contributed by atoms with Gasteiger partial charge in [-0.05, 0) is 49.4 Å². The summed E-state index contributed by atoms with van der Waals surface area (Å²) < 4.78 is 8.54. The molecule has 3 atom stereocenters. The van der Waals surface area contributed by atoms with Gasteiger partial charge in [-0.15, -0.1) is 0 Å². The van der Waals surface area contributed by atoms with Crippen LogP contribution in [0.4, 0.5) is 5.82 Å². The molecular weight excluding hydrogens is 374 g/mol. The Morgan fingerprint density at radius 3 is 2.80 bits per heavy atom. The molecule has 154 valence electrons. The number of anilines is 1. The van der Waals surface area contributed by atoms with Crippen LogP contribution < -0.4 is 15.4 Å². The van der Waals surface area contributed by atoms with E-state index in [1.54, 1.807) is 0 Å². The van der Waals surface area contributed by atoms with Crippen molar-refractivity contribution in [3.8, 4) is 5.88 Å². The van der Waals surface area contributed by atoms with Gasteiger partial charge in [0.05, 0.1) is 17.8 Å². The van der Waals surface area contributed by atoms with Gasteiger partial charge in [-0.1, -0.05) is 30.3 Å². The highest BCUT2D eigenvalue weighted by Gasteiger charge is 2.33. The van der Waals surface area contributed by atoms with Crippen LogP contribution in [0.15, 0.2) is 48.7 Å². The Kier molecular flexibility index (Phi) is 4.45. The second-order valence-electron chi connectivity index (χ2n) is 8.55. The van der Waals surface area contributed by atoms with Crippen LogP contribution in [-0.2, 0) is 12.8 Å². The Morgan fingerprint density at radius 2 is 1.93 bits per heavy atom. The number of hydrogen-bond donors (Lipinski definition) is 2. The van der Waals surface area contributed by atoms with Crippen molar-refractivity contribution >= 4 is 5.82 Å². The maximum absolute atomic E-state index is 6.09. The fraction of sp³-hybridized carbons (Fsp3) is 0.417. The van der Waals surface area contributed by atoms with Gasteiger partial charge < -0.3 is 19.9 Å². The van der Waals surface area contributed by atoms with Crippen LogP contribution in [0.25, 0.3) is 0 Å². The van der Waals surface area contributed by atoms with Crippen LogP contribution in [0.5, 0.6) is 5.88 Å². The maximum atomic E-state index is 6.09. The van der Waals surface area contributed by atoms with Crippen LogP contribution >= 0.6 is 0 Å². The van der Waals surface area contributed by atoms with Gasteiger partial charge in [0.1, 0.15) is 17.7 Å². The van der Waals surface area contributed by atoms with Crippen LogP contribution in [0.3, 0.4) is 0 Å². The average molecular weight is 402 g/mol. The summed E-state index contributed by atoms with van der Waals surface area (Å²) >= 11 is 0. The first-order valence-electron chi connectivity index (χ1n) is 11.1. The summed E-state index contributed by atoms with van der Waals surface area (Å²) in [4.78, 5) is 9.42. The van der Waals surface area contributed by atoms with Gasteiger partial charge in [-0.25, -0.2) is 9.97 Å². The third kappa shape index (κ3) is 3.16. The summed E-state index contributed by atoms with van der Waals surface area (Å²) in [6.07, 6.45) is 7.34. The molecule has 6 nitrogen and oxygen atoms in total. The molecule has 6 rings (SSSR count). The largest absolute Gasteiger partial charge is 0.473 e. The standard InChI is InChI=1S/C24H27N5O/c1-2-4-16(5-3-1)21-8-9-22-27-20-7-6-19(28-24(20)29(21)22)17-10-13-26-23(14-17)30-18-11-12-25-15-18/h1-5,10,13-14,18-19,21,25,28H,6-9,11-12,15H2/t18-,19+,21?/m0/s1. The molecule has 0 amide bonds. The quantitative estimate of drug-likeness (QED) is 0.699. The molecule has 2 N–H and O–H groups in total. The summed E-state index contributed by atoms with van der Waals surface area (Å²) in [5, 5.41) is 7.16. The predicted octanol–water partition coefficient (Wildman–Crippen LogP) is 3.65. The van der Waals surface area contributed by atoms with Gasteiger partial charge in [0.15, 0.2) is 0 Å². The highest BCUT2D eigenvalue weighted by atomic mass is 16.5. The number of benzene rings is 1. The zero-order chi connectivity index (χ0) is 19.9. The highest BCUT2D eigenvalue weighted by molar-refractivity contribution is 5.51. The van der Waals surface area contributed by atoms with Crippen LogP contribution in [0.1, 0.15) is 54.0 Å². The molecule has 0 saturated carbocycles. The maximum Gasteiger partial charge on any atom is 0.213 e. The molecule has 0 aliphatic carbocycles. The van der Waals surface area contributed by atoms with Gasteiger partial charge in [0, 0.05) is 25.2 Å². The predicted molar refractivity (Wildman–Crippen MR) is 116 cm³/mol. The zero-order valence-corrected chi connectivity index (χ0v) is 17.1. The van der Waals surface area contributed by atoms with Crippen molar-refractivity contribution in [2.24, 2.45) is 0 Å². The van der Waals surface area contributed by atoms with Crippen molar-refractivity contribution in [1.29, 1.82) is 0 Å². The fourth-order valence-electron chi connectivity index (χ4n) is 5.13. The minimum atomic E-state index is 0.225. The number of ether oxygens (including phenoxy) is 1. The molecule has 3 aromatic rings. The van der Waals surface area contributed by atoms with E-state index in [-0.39, 0.29) is 12.1 Å². The minimum absolute atomic E-state index is 0.225. The van der Waals surface area contributed by atoms with Crippen molar-refractivity contribution in [1.82, 2.24) is 19.9 Å². The summed E-state index contributed by atoms with van der Waals surface area (Å²) in [5.74, 6) is 3.15. The Bertz CT molecular complexity index is 1040. The molecule has 3 aliphatic heterocycles. The van der Waals surface area contributed by atoms with E-state index in [0.29, 0.717) is 6.04 Å². The Balaban J connectivity index is 1.27. The molecule has 2 aromatic heterocycles. The van der Waals surface area contributed by atoms with E-state index in [9.17, 15) is 0 Å². The summed E-state index contributed by atoms with van der Waals surface area (Å²) in [5.41, 5.74) is 3.82. The molecule has 1 unspecified atom stereocenters. The third-order valence-electron chi connectivity index (χ3n) is 6.64. The second-order valence-corrected chi connectivity index (χ2v) is 8.55. The SMILES string of the molecule is c1ccc(C2CCc3nc4c(n32)N[C@@H](c2ccnc(O[C@H]3CCNC3)c2)CC4)cc1. The Hall–Kier alpha value is -2.86. The number of nitrogens with one attached hydrogen (secondary N) is 2. The topological polar surface area (TPSA) is 64.0 Å². The number of rotatable bonds is 4. The lowest BCUT2D eigenvalue weighted by atomic mass is 9.98. The number of pyridine rings is 1. The summed E-state index contributed by atoms with van der Waals surface area (Å²) in [6, 6.07) is 15.7. The van der Waals surface area contributed by atoms with E-state index < -0.39 is 0 Å². The van der Waals surface area contributed by atoms with Crippen molar-refractivity contribution in [2.75, 3.05) is 18.4 Å². The normalized spacial score (nSPS) is 24.9. The lowest BCUT2D eigenvalue weighted by Crippen LogP contribution is -2.22. The minimum Gasteiger partial charge on any atom is -0.473 e. The Labute approximate surface area is 176 Å². The number of aryl methyl sites for hydroxylation is 2. The zero-order valence-electron chi connectivity index (χ0n) is 17.1. The van der Waals surface area contributed by atoms with E-state index in [0.717, 1.165) is 51.1 Å². The fourth-order valence-corrected chi connectivity index (χ4v) is 5.13. The number of hydrogen-bond acceptors (Lipinski definition) is 5. The monoisotopic (exact) mass is 401 g/mol. The van der Waals surface area contributed by atoms with E-state index >= 15 is 0 Å². The number of fused-ring (bicyclic) bond motifs is 3. The van der Waals surface area contributed by atoms with Gasteiger partial charge in [-0.2, -0.15) is 0 Å². The van der Waals surface area contributed by atoms with Crippen molar-refractivity contribution in [3.63, 3.8) is 0 Å². The van der Waals surface area contributed by atoms with Crippen molar-refractivity contribution in [3.05, 3.63) is 71.3 Å². The molecule has 0 spiro atoms. The first-order chi connectivity index (χ1) is 14.8. The summed E-state index contributed by atoms with van der Waals surface area (Å²) in [7, 11) is 0. The Morgan fingerprint density at radius 1 is 1.00 bits per heavy atom. The first-order valence-corrected chi connectivity index (χ1v) is 11.1.